The highest BCUT2D eigenvalue weighted by Gasteiger charge is 2.31. The van der Waals surface area contributed by atoms with Crippen LogP contribution >= 0.6 is 0 Å². The van der Waals surface area contributed by atoms with E-state index >= 15 is 0 Å². The highest BCUT2D eigenvalue weighted by molar-refractivity contribution is 7.92. The second-order valence-electron chi connectivity index (χ2n) is 4.62. The molecule has 0 radical (unpaired) electrons. The topological polar surface area (TPSA) is 114 Å². The van der Waals surface area contributed by atoms with Gasteiger partial charge in [-0.15, -0.1) is 0 Å². The molecule has 21 heavy (non-hydrogen) atoms. The van der Waals surface area contributed by atoms with Crippen molar-refractivity contribution in [2.45, 2.75) is 25.7 Å². The summed E-state index contributed by atoms with van der Waals surface area (Å²) in [5, 5.41) is 13.2. The van der Waals surface area contributed by atoms with Crippen LogP contribution in [0.1, 0.15) is 27.6 Å². The van der Waals surface area contributed by atoms with E-state index in [0.29, 0.717) is 5.69 Å². The third kappa shape index (κ3) is 2.64. The van der Waals surface area contributed by atoms with Crippen molar-refractivity contribution in [3.8, 4) is 0 Å². The molecule has 2 rings (SSSR count). The van der Waals surface area contributed by atoms with Gasteiger partial charge in [0.2, 0.25) is 0 Å². The van der Waals surface area contributed by atoms with E-state index in [1.165, 1.54) is 18.5 Å². The number of nitrogens with zero attached hydrogens (tertiary/aromatic N) is 2. The van der Waals surface area contributed by atoms with Crippen LogP contribution in [0.15, 0.2) is 15.4 Å². The van der Waals surface area contributed by atoms with Crippen molar-refractivity contribution < 1.29 is 22.7 Å². The van der Waals surface area contributed by atoms with Gasteiger partial charge in [0.05, 0.1) is 5.69 Å². The molecule has 0 saturated heterocycles. The Labute approximate surface area is 121 Å². The summed E-state index contributed by atoms with van der Waals surface area (Å²) < 4.78 is 33.7. The number of hydrogen-bond acceptors (Lipinski definition) is 5. The number of carbonyl (C=O) groups is 1. The van der Waals surface area contributed by atoms with E-state index in [0.717, 1.165) is 0 Å². The number of aromatic nitrogens is 2. The number of anilines is 1. The number of hydrogen-bond donors (Lipinski definition) is 2. The van der Waals surface area contributed by atoms with Crippen LogP contribution < -0.4 is 4.72 Å². The lowest BCUT2D eigenvalue weighted by molar-refractivity contribution is 0.0691. The highest BCUT2D eigenvalue weighted by Crippen LogP contribution is 2.28. The first kappa shape index (κ1) is 15.1. The number of aromatic carboxylic acids is 1. The lowest BCUT2D eigenvalue weighted by atomic mass is 10.2. The van der Waals surface area contributed by atoms with Crippen molar-refractivity contribution >= 4 is 21.8 Å². The smallest absolute Gasteiger partial charge is 0.340 e. The Balaban J connectivity index is 2.55. The summed E-state index contributed by atoms with van der Waals surface area (Å²) in [4.78, 5) is 10.9. The Morgan fingerprint density at radius 1 is 1.33 bits per heavy atom. The molecule has 0 aromatic carbocycles. The van der Waals surface area contributed by atoms with Crippen molar-refractivity contribution in [3.05, 3.63) is 28.8 Å². The summed E-state index contributed by atoms with van der Waals surface area (Å²) in [6.45, 7) is 4.53. The molecule has 0 aliphatic rings. The summed E-state index contributed by atoms with van der Waals surface area (Å²) >= 11 is 0. The minimum Gasteiger partial charge on any atom is -0.478 e. The van der Waals surface area contributed by atoms with Gasteiger partial charge in [-0.05, 0) is 20.8 Å². The number of rotatable bonds is 4. The lowest BCUT2D eigenvalue weighted by Gasteiger charge is -2.08. The number of furan rings is 1. The molecule has 2 N–H and O–H groups in total. The number of sulfonamides is 1. The predicted octanol–water partition coefficient (Wildman–Crippen LogP) is 1.44. The van der Waals surface area contributed by atoms with E-state index in [-0.39, 0.29) is 27.8 Å². The van der Waals surface area contributed by atoms with Crippen LogP contribution in [0, 0.1) is 20.8 Å². The minimum absolute atomic E-state index is 0.0243. The summed E-state index contributed by atoms with van der Waals surface area (Å²) in [6, 6.07) is 1.54. The summed E-state index contributed by atoms with van der Waals surface area (Å²) in [5.74, 6) is -1.05. The zero-order valence-corrected chi connectivity index (χ0v) is 12.8. The maximum absolute atomic E-state index is 12.4. The van der Waals surface area contributed by atoms with Crippen molar-refractivity contribution in [2.75, 3.05) is 4.72 Å². The first-order valence-electron chi connectivity index (χ1n) is 6.00. The van der Waals surface area contributed by atoms with Gasteiger partial charge < -0.3 is 9.52 Å². The molecule has 0 aliphatic carbocycles. The van der Waals surface area contributed by atoms with E-state index < -0.39 is 16.0 Å². The van der Waals surface area contributed by atoms with Gasteiger partial charge in [-0.3, -0.25) is 9.40 Å². The van der Waals surface area contributed by atoms with Crippen molar-refractivity contribution in [2.24, 2.45) is 7.05 Å². The lowest BCUT2D eigenvalue weighted by Crippen LogP contribution is -2.18. The van der Waals surface area contributed by atoms with Gasteiger partial charge in [-0.25, -0.2) is 13.2 Å². The van der Waals surface area contributed by atoms with Crippen LogP contribution in [0.5, 0.6) is 0 Å². The fourth-order valence-electron chi connectivity index (χ4n) is 2.13. The van der Waals surface area contributed by atoms with Gasteiger partial charge in [0, 0.05) is 13.1 Å². The number of carboxylic acid groups (broad SMARTS) is 1. The maximum atomic E-state index is 12.4. The van der Waals surface area contributed by atoms with E-state index in [4.69, 9.17) is 4.42 Å². The Bertz CT molecular complexity index is 816. The molecule has 0 unspecified atom stereocenters. The fourth-order valence-corrected chi connectivity index (χ4v) is 3.62. The maximum Gasteiger partial charge on any atom is 0.340 e. The Morgan fingerprint density at radius 3 is 2.43 bits per heavy atom. The molecule has 114 valence electrons. The van der Waals surface area contributed by atoms with Gasteiger partial charge in [0.1, 0.15) is 27.8 Å². The quantitative estimate of drug-likeness (QED) is 0.882. The van der Waals surface area contributed by atoms with E-state index in [9.17, 15) is 18.3 Å². The third-order valence-corrected chi connectivity index (χ3v) is 4.44. The molecule has 0 spiro atoms. The van der Waals surface area contributed by atoms with Crippen LogP contribution in [0.4, 0.5) is 5.82 Å². The Hall–Kier alpha value is -2.29. The average molecular weight is 313 g/mol. The molecule has 0 atom stereocenters. The molecule has 2 heterocycles. The van der Waals surface area contributed by atoms with Gasteiger partial charge in [-0.2, -0.15) is 5.10 Å². The number of nitrogens with one attached hydrogen (secondary N) is 1. The molecule has 8 nitrogen and oxygen atoms in total. The van der Waals surface area contributed by atoms with Crippen LogP contribution in [-0.2, 0) is 17.1 Å². The van der Waals surface area contributed by atoms with Crippen molar-refractivity contribution in [1.29, 1.82) is 0 Å². The molecule has 2 aromatic rings. The molecular weight excluding hydrogens is 298 g/mol. The molecule has 0 fully saturated rings. The zero-order chi connectivity index (χ0) is 15.9. The monoisotopic (exact) mass is 313 g/mol. The van der Waals surface area contributed by atoms with Crippen LogP contribution in [0.25, 0.3) is 0 Å². The summed E-state index contributed by atoms with van der Waals surface area (Å²) in [7, 11) is -2.51. The molecule has 2 aromatic heterocycles. The molecular formula is C12H15N3O5S. The van der Waals surface area contributed by atoms with Gasteiger partial charge in [0.15, 0.2) is 0 Å². The highest BCUT2D eigenvalue weighted by atomic mass is 32.2. The van der Waals surface area contributed by atoms with Crippen molar-refractivity contribution in [3.63, 3.8) is 0 Å². The molecule has 0 amide bonds. The second kappa shape index (κ2) is 4.92. The van der Waals surface area contributed by atoms with Gasteiger partial charge in [0.25, 0.3) is 10.0 Å². The first-order valence-corrected chi connectivity index (χ1v) is 7.48. The third-order valence-electron chi connectivity index (χ3n) is 2.93. The average Bonchev–Trinajstić information content (AvgIpc) is 2.78. The first-order chi connectivity index (χ1) is 9.63. The molecule has 0 aliphatic heterocycles. The fraction of sp³-hybridized carbons (Fsp3) is 0.333. The van der Waals surface area contributed by atoms with Crippen molar-refractivity contribution in [1.82, 2.24) is 9.78 Å². The summed E-state index contributed by atoms with van der Waals surface area (Å²) in [6.07, 6.45) is 0. The molecule has 9 heteroatoms. The van der Waals surface area contributed by atoms with E-state index in [1.54, 1.807) is 20.0 Å². The van der Waals surface area contributed by atoms with Crippen LogP contribution in [0.2, 0.25) is 0 Å². The molecule has 0 bridgehead atoms. The number of aryl methyl sites for hydroxylation is 4. The largest absolute Gasteiger partial charge is 0.478 e. The Morgan fingerprint density at radius 2 is 1.95 bits per heavy atom. The summed E-state index contributed by atoms with van der Waals surface area (Å²) in [5.41, 5.74) is 0.271. The van der Waals surface area contributed by atoms with Crippen LogP contribution in [-0.4, -0.2) is 29.3 Å². The number of carboxylic acids is 1. The Kier molecular flexibility index (Phi) is 3.54. The SMILES string of the molecule is Cc1cc(NS(=O)(=O)c2c(C)oc(C)c2C(=O)O)n(C)n1. The second-order valence-corrected chi connectivity index (χ2v) is 6.24. The van der Waals surface area contributed by atoms with Crippen LogP contribution in [0.3, 0.4) is 0 Å². The molecule has 0 saturated carbocycles. The normalized spacial score (nSPS) is 11.6. The standard InChI is InChI=1S/C12H15N3O5S/c1-6-5-9(15(4)13-6)14-21(18,19)11-8(3)20-7(2)10(11)12(16)17/h5,14H,1-4H3,(H,16,17). The zero-order valence-electron chi connectivity index (χ0n) is 12.0. The van der Waals surface area contributed by atoms with Gasteiger partial charge in [-0.1, -0.05) is 0 Å². The minimum atomic E-state index is -4.09. The van der Waals surface area contributed by atoms with Gasteiger partial charge >= 0.3 is 5.97 Å². The van der Waals surface area contributed by atoms with E-state index in [2.05, 4.69) is 9.82 Å². The predicted molar refractivity (Wildman–Crippen MR) is 73.9 cm³/mol. The van der Waals surface area contributed by atoms with E-state index in [1.807, 2.05) is 0 Å².